The zero-order valence-corrected chi connectivity index (χ0v) is 12.8. The molecule has 0 saturated heterocycles. The van der Waals surface area contributed by atoms with E-state index in [0.29, 0.717) is 0 Å². The second-order valence-corrected chi connectivity index (χ2v) is 5.53. The minimum atomic E-state index is 0.859. The van der Waals surface area contributed by atoms with Crippen molar-refractivity contribution in [1.29, 1.82) is 0 Å². The molecule has 0 amide bonds. The summed E-state index contributed by atoms with van der Waals surface area (Å²) >= 11 is 0. The molecule has 0 aliphatic carbocycles. The van der Waals surface area contributed by atoms with Crippen LogP contribution in [0.1, 0.15) is 24.7 Å². The predicted molar refractivity (Wildman–Crippen MR) is 86.6 cm³/mol. The molecule has 0 unspecified atom stereocenters. The Labute approximate surface area is 126 Å². The zero-order chi connectivity index (χ0) is 14.5. The maximum atomic E-state index is 4.38. The molecule has 0 spiro atoms. The van der Waals surface area contributed by atoms with E-state index < -0.39 is 0 Å². The van der Waals surface area contributed by atoms with Crippen molar-refractivity contribution in [2.24, 2.45) is 0 Å². The summed E-state index contributed by atoms with van der Waals surface area (Å²) in [4.78, 5) is 6.89. The summed E-state index contributed by atoms with van der Waals surface area (Å²) < 4.78 is 2.18. The van der Waals surface area contributed by atoms with E-state index in [2.05, 4.69) is 51.0 Å². The van der Waals surface area contributed by atoms with Gasteiger partial charge in [0.1, 0.15) is 5.82 Å². The summed E-state index contributed by atoms with van der Waals surface area (Å²) in [6, 6.07) is 8.77. The standard InChI is InChI=1S/C17H24N4/c1-2-20-13-10-19-17(20)14-18-9-5-11-21-12-8-15-6-3-4-7-16(15)21/h3-4,6-7,10,13,18H,2,5,8-9,11-12,14H2,1H3. The number of hydrogen-bond donors (Lipinski definition) is 1. The number of nitrogens with one attached hydrogen (secondary N) is 1. The topological polar surface area (TPSA) is 33.1 Å². The molecule has 1 N–H and O–H groups in total. The molecule has 3 rings (SSSR count). The fourth-order valence-corrected chi connectivity index (χ4v) is 3.03. The van der Waals surface area contributed by atoms with Gasteiger partial charge in [0.15, 0.2) is 0 Å². The second-order valence-electron chi connectivity index (χ2n) is 5.53. The van der Waals surface area contributed by atoms with Crippen molar-refractivity contribution >= 4 is 5.69 Å². The largest absolute Gasteiger partial charge is 0.371 e. The van der Waals surface area contributed by atoms with Crippen molar-refractivity contribution in [3.63, 3.8) is 0 Å². The van der Waals surface area contributed by atoms with Gasteiger partial charge in [0.2, 0.25) is 0 Å². The molecule has 4 heteroatoms. The number of hydrogen-bond acceptors (Lipinski definition) is 3. The van der Waals surface area contributed by atoms with Gasteiger partial charge < -0.3 is 14.8 Å². The van der Waals surface area contributed by atoms with Crippen LogP contribution in [0, 0.1) is 0 Å². The van der Waals surface area contributed by atoms with E-state index >= 15 is 0 Å². The first-order valence-corrected chi connectivity index (χ1v) is 7.92. The van der Waals surface area contributed by atoms with Crippen LogP contribution in [0.3, 0.4) is 0 Å². The van der Waals surface area contributed by atoms with E-state index in [1.165, 1.54) is 30.6 Å². The van der Waals surface area contributed by atoms with Gasteiger partial charge in [-0.1, -0.05) is 18.2 Å². The van der Waals surface area contributed by atoms with Gasteiger partial charge in [0.25, 0.3) is 0 Å². The number of fused-ring (bicyclic) bond motifs is 1. The molecule has 1 aromatic carbocycles. The van der Waals surface area contributed by atoms with E-state index in [1.54, 1.807) is 0 Å². The highest BCUT2D eigenvalue weighted by molar-refractivity contribution is 5.57. The van der Waals surface area contributed by atoms with Gasteiger partial charge in [-0.15, -0.1) is 0 Å². The Kier molecular flexibility index (Phi) is 4.55. The van der Waals surface area contributed by atoms with Crippen LogP contribution >= 0.6 is 0 Å². The molecule has 21 heavy (non-hydrogen) atoms. The lowest BCUT2D eigenvalue weighted by Gasteiger charge is -2.19. The molecule has 0 bridgehead atoms. The van der Waals surface area contributed by atoms with Gasteiger partial charge in [0.05, 0.1) is 6.54 Å². The number of nitrogens with zero attached hydrogens (tertiary/aromatic N) is 3. The van der Waals surface area contributed by atoms with Crippen LogP contribution in [0.15, 0.2) is 36.7 Å². The van der Waals surface area contributed by atoms with Crippen molar-refractivity contribution in [3.05, 3.63) is 48.0 Å². The number of aryl methyl sites for hydroxylation is 1. The minimum absolute atomic E-state index is 0.859. The van der Waals surface area contributed by atoms with Crippen molar-refractivity contribution in [2.45, 2.75) is 32.9 Å². The summed E-state index contributed by atoms with van der Waals surface area (Å²) in [6.45, 7) is 7.33. The van der Waals surface area contributed by atoms with Gasteiger partial charge in [-0.25, -0.2) is 4.98 Å². The summed E-state index contributed by atoms with van der Waals surface area (Å²) in [7, 11) is 0. The Morgan fingerprint density at radius 2 is 2.19 bits per heavy atom. The lowest BCUT2D eigenvalue weighted by molar-refractivity contribution is 0.592. The molecule has 2 heterocycles. The molecule has 1 aromatic heterocycles. The van der Waals surface area contributed by atoms with Gasteiger partial charge >= 0.3 is 0 Å². The van der Waals surface area contributed by atoms with Crippen LogP contribution in [0.5, 0.6) is 0 Å². The number of aromatic nitrogens is 2. The third-order valence-electron chi connectivity index (χ3n) is 4.19. The quantitative estimate of drug-likeness (QED) is 0.793. The van der Waals surface area contributed by atoms with Crippen molar-refractivity contribution < 1.29 is 0 Å². The summed E-state index contributed by atoms with van der Waals surface area (Å²) in [5.41, 5.74) is 2.93. The molecule has 0 saturated carbocycles. The van der Waals surface area contributed by atoms with Gasteiger partial charge in [-0.05, 0) is 37.9 Å². The highest BCUT2D eigenvalue weighted by Gasteiger charge is 2.17. The molecule has 0 atom stereocenters. The first-order valence-electron chi connectivity index (χ1n) is 7.92. The zero-order valence-electron chi connectivity index (χ0n) is 12.8. The molecule has 1 aliphatic rings. The molecular weight excluding hydrogens is 260 g/mol. The maximum absolute atomic E-state index is 4.38. The van der Waals surface area contributed by atoms with Gasteiger partial charge in [-0.3, -0.25) is 0 Å². The normalized spacial score (nSPS) is 13.7. The molecule has 112 valence electrons. The van der Waals surface area contributed by atoms with Gasteiger partial charge in [0, 0.05) is 37.7 Å². The van der Waals surface area contributed by atoms with E-state index in [9.17, 15) is 0 Å². The third-order valence-corrected chi connectivity index (χ3v) is 4.19. The molecular formula is C17H24N4. The smallest absolute Gasteiger partial charge is 0.122 e. The fraction of sp³-hybridized carbons (Fsp3) is 0.471. The third kappa shape index (κ3) is 3.27. The summed E-state index contributed by atoms with van der Waals surface area (Å²) in [5.74, 6) is 1.13. The van der Waals surface area contributed by atoms with Crippen LogP contribution in [0.2, 0.25) is 0 Å². The highest BCUT2D eigenvalue weighted by atomic mass is 15.1. The second kappa shape index (κ2) is 6.76. The highest BCUT2D eigenvalue weighted by Crippen LogP contribution is 2.27. The maximum Gasteiger partial charge on any atom is 0.122 e. The SMILES string of the molecule is CCn1ccnc1CNCCCN1CCc2ccccc21. The van der Waals surface area contributed by atoms with E-state index in [-0.39, 0.29) is 0 Å². The van der Waals surface area contributed by atoms with Crippen LogP contribution in [0.25, 0.3) is 0 Å². The van der Waals surface area contributed by atoms with Crippen molar-refractivity contribution in [3.8, 4) is 0 Å². The molecule has 1 aliphatic heterocycles. The van der Waals surface area contributed by atoms with Gasteiger partial charge in [-0.2, -0.15) is 0 Å². The summed E-state index contributed by atoms with van der Waals surface area (Å²) in [5, 5.41) is 3.50. The Hall–Kier alpha value is -1.81. The van der Waals surface area contributed by atoms with Crippen LogP contribution < -0.4 is 10.2 Å². The lowest BCUT2D eigenvalue weighted by atomic mass is 10.2. The number of anilines is 1. The average molecular weight is 284 g/mol. The number of benzene rings is 1. The van der Waals surface area contributed by atoms with E-state index in [4.69, 9.17) is 0 Å². The Morgan fingerprint density at radius 3 is 3.10 bits per heavy atom. The Balaban J connectivity index is 1.40. The molecule has 0 radical (unpaired) electrons. The van der Waals surface area contributed by atoms with E-state index in [0.717, 1.165) is 32.0 Å². The molecule has 4 nitrogen and oxygen atoms in total. The van der Waals surface area contributed by atoms with Crippen molar-refractivity contribution in [1.82, 2.24) is 14.9 Å². The lowest BCUT2D eigenvalue weighted by Crippen LogP contribution is -2.26. The predicted octanol–water partition coefficient (Wildman–Crippen LogP) is 2.45. The first-order chi connectivity index (χ1) is 10.4. The average Bonchev–Trinajstić information content (AvgIpc) is 3.13. The van der Waals surface area contributed by atoms with E-state index in [1.807, 2.05) is 12.4 Å². The first kappa shape index (κ1) is 14.1. The van der Waals surface area contributed by atoms with Crippen LogP contribution in [-0.4, -0.2) is 29.2 Å². The number of rotatable bonds is 7. The number of imidazole rings is 1. The monoisotopic (exact) mass is 284 g/mol. The van der Waals surface area contributed by atoms with Crippen LogP contribution in [0.4, 0.5) is 5.69 Å². The Bertz CT molecular complexity index is 576. The molecule has 0 fully saturated rings. The Morgan fingerprint density at radius 1 is 1.29 bits per heavy atom. The van der Waals surface area contributed by atoms with Crippen molar-refractivity contribution in [2.75, 3.05) is 24.5 Å². The fourth-order valence-electron chi connectivity index (χ4n) is 3.03. The summed E-state index contributed by atoms with van der Waals surface area (Å²) in [6.07, 6.45) is 6.28. The number of para-hydroxylation sites is 1. The minimum Gasteiger partial charge on any atom is -0.371 e. The van der Waals surface area contributed by atoms with Crippen LogP contribution in [-0.2, 0) is 19.5 Å². The molecule has 2 aromatic rings.